The van der Waals surface area contributed by atoms with Gasteiger partial charge in [-0.2, -0.15) is 0 Å². The van der Waals surface area contributed by atoms with Crippen LogP contribution in [0.1, 0.15) is 13.8 Å². The van der Waals surface area contributed by atoms with Crippen LogP contribution in [0.25, 0.3) is 11.0 Å². The van der Waals surface area contributed by atoms with Crippen LogP contribution < -0.4 is 4.90 Å². The Morgan fingerprint density at radius 1 is 1.41 bits per heavy atom. The van der Waals surface area contributed by atoms with E-state index in [2.05, 4.69) is 28.7 Å². The molecule has 2 rings (SSSR count). The number of aliphatic hydroxyl groups is 1. The van der Waals surface area contributed by atoms with Crippen LogP contribution >= 0.6 is 0 Å². The minimum absolute atomic E-state index is 0.114. The molecule has 0 spiro atoms. The predicted octanol–water partition coefficient (Wildman–Crippen LogP) is 1.18. The van der Waals surface area contributed by atoms with Gasteiger partial charge >= 0.3 is 0 Å². The van der Waals surface area contributed by atoms with Gasteiger partial charge in [-0.15, -0.1) is 0 Å². The first-order valence-corrected chi connectivity index (χ1v) is 5.78. The van der Waals surface area contributed by atoms with Crippen LogP contribution in [0, 0.1) is 0 Å². The molecule has 0 aliphatic heterocycles. The number of rotatable bonds is 4. The molecule has 2 aromatic heterocycles. The molecule has 17 heavy (non-hydrogen) atoms. The van der Waals surface area contributed by atoms with E-state index in [-0.39, 0.29) is 12.6 Å². The number of aryl methyl sites for hydroxylation is 1. The van der Waals surface area contributed by atoms with Crippen LogP contribution in [0.4, 0.5) is 5.82 Å². The summed E-state index contributed by atoms with van der Waals surface area (Å²) in [5.74, 6) is 0.840. The summed E-state index contributed by atoms with van der Waals surface area (Å²) >= 11 is 0. The normalized spacial score (nSPS) is 11.4. The maximum absolute atomic E-state index is 9.13. The Morgan fingerprint density at radius 3 is 2.82 bits per heavy atom. The third kappa shape index (κ3) is 2.10. The molecule has 2 heterocycles. The summed E-state index contributed by atoms with van der Waals surface area (Å²) < 4.78 is 1.97. The van der Waals surface area contributed by atoms with E-state index in [0.29, 0.717) is 6.54 Å². The number of hydrogen-bond donors (Lipinski definition) is 1. The fourth-order valence-corrected chi connectivity index (χ4v) is 1.97. The lowest BCUT2D eigenvalue weighted by Crippen LogP contribution is -2.34. The number of hydrogen-bond acceptors (Lipinski definition) is 4. The molecule has 0 aliphatic rings. The Bertz CT molecular complexity index is 506. The van der Waals surface area contributed by atoms with Crippen molar-refractivity contribution in [3.8, 4) is 0 Å². The van der Waals surface area contributed by atoms with Gasteiger partial charge in [0.1, 0.15) is 5.52 Å². The molecule has 0 bridgehead atoms. The minimum Gasteiger partial charge on any atom is -0.395 e. The maximum Gasteiger partial charge on any atom is 0.157 e. The highest BCUT2D eigenvalue weighted by Crippen LogP contribution is 2.23. The molecule has 1 N–H and O–H groups in total. The van der Waals surface area contributed by atoms with E-state index < -0.39 is 0 Å². The summed E-state index contributed by atoms with van der Waals surface area (Å²) in [7, 11) is 1.96. The SMILES string of the molecule is CC(C)N(CCO)c1nccc2c1ncn2C. The molecule has 0 aromatic carbocycles. The van der Waals surface area contributed by atoms with Crippen molar-refractivity contribution in [2.24, 2.45) is 7.05 Å². The second kappa shape index (κ2) is 4.71. The van der Waals surface area contributed by atoms with Crippen molar-refractivity contribution in [2.75, 3.05) is 18.1 Å². The van der Waals surface area contributed by atoms with E-state index in [0.717, 1.165) is 16.9 Å². The van der Waals surface area contributed by atoms with Gasteiger partial charge < -0.3 is 14.6 Å². The number of nitrogens with zero attached hydrogens (tertiary/aromatic N) is 4. The summed E-state index contributed by atoms with van der Waals surface area (Å²) in [4.78, 5) is 10.8. The van der Waals surface area contributed by atoms with Gasteiger partial charge in [-0.1, -0.05) is 0 Å². The molecule has 0 fully saturated rings. The number of fused-ring (bicyclic) bond motifs is 1. The van der Waals surface area contributed by atoms with E-state index >= 15 is 0 Å². The lowest BCUT2D eigenvalue weighted by atomic mass is 10.3. The van der Waals surface area contributed by atoms with Crippen LogP contribution in [0.15, 0.2) is 18.6 Å². The summed E-state index contributed by atoms with van der Waals surface area (Å²) in [5.41, 5.74) is 1.94. The van der Waals surface area contributed by atoms with Crippen molar-refractivity contribution in [3.63, 3.8) is 0 Å². The second-order valence-corrected chi connectivity index (χ2v) is 4.37. The van der Waals surface area contributed by atoms with E-state index in [9.17, 15) is 0 Å². The van der Waals surface area contributed by atoms with Gasteiger partial charge in [0.25, 0.3) is 0 Å². The first-order chi connectivity index (χ1) is 8.15. The standard InChI is InChI=1S/C12H18N4O/c1-9(2)16(6-7-17)12-11-10(4-5-13-12)15(3)8-14-11/h4-5,8-9,17H,6-7H2,1-3H3. The zero-order valence-corrected chi connectivity index (χ0v) is 10.5. The number of anilines is 1. The molecule has 2 aromatic rings. The minimum atomic E-state index is 0.114. The molecule has 92 valence electrons. The van der Waals surface area contributed by atoms with Crippen molar-refractivity contribution in [2.45, 2.75) is 19.9 Å². The van der Waals surface area contributed by atoms with Gasteiger partial charge in [-0.3, -0.25) is 0 Å². The quantitative estimate of drug-likeness (QED) is 0.863. The highest BCUT2D eigenvalue weighted by molar-refractivity contribution is 5.86. The third-order valence-corrected chi connectivity index (χ3v) is 2.86. The fraction of sp³-hybridized carbons (Fsp3) is 0.500. The van der Waals surface area contributed by atoms with Gasteiger partial charge in [-0.05, 0) is 19.9 Å². The van der Waals surface area contributed by atoms with Crippen LogP contribution in [0.5, 0.6) is 0 Å². The van der Waals surface area contributed by atoms with Gasteiger partial charge in [0.05, 0.1) is 18.5 Å². The summed E-state index contributed by atoms with van der Waals surface area (Å²) in [6, 6.07) is 2.23. The molecular weight excluding hydrogens is 216 g/mol. The molecule has 0 aliphatic carbocycles. The van der Waals surface area contributed by atoms with Crippen molar-refractivity contribution in [3.05, 3.63) is 18.6 Å². The number of pyridine rings is 1. The van der Waals surface area contributed by atoms with E-state index in [1.807, 2.05) is 17.7 Å². The van der Waals surface area contributed by atoms with Crippen LogP contribution in [0.2, 0.25) is 0 Å². The second-order valence-electron chi connectivity index (χ2n) is 4.37. The monoisotopic (exact) mass is 234 g/mol. The van der Waals surface area contributed by atoms with Gasteiger partial charge in [0.2, 0.25) is 0 Å². The molecule has 0 amide bonds. The number of imidazole rings is 1. The lowest BCUT2D eigenvalue weighted by Gasteiger charge is -2.27. The van der Waals surface area contributed by atoms with Gasteiger partial charge in [0.15, 0.2) is 5.82 Å². The third-order valence-electron chi connectivity index (χ3n) is 2.86. The first kappa shape index (κ1) is 11.9. The summed E-state index contributed by atoms with van der Waals surface area (Å²) in [6.45, 7) is 4.85. The predicted molar refractivity (Wildman–Crippen MR) is 68.1 cm³/mol. The smallest absolute Gasteiger partial charge is 0.157 e. The molecule has 0 saturated heterocycles. The Labute approximate surface area is 101 Å². The van der Waals surface area contributed by atoms with E-state index in [1.54, 1.807) is 12.5 Å². The molecule has 0 atom stereocenters. The van der Waals surface area contributed by atoms with Crippen molar-refractivity contribution in [1.29, 1.82) is 0 Å². The fourth-order valence-electron chi connectivity index (χ4n) is 1.97. The molecule has 0 saturated carbocycles. The Kier molecular flexibility index (Phi) is 3.28. The Morgan fingerprint density at radius 2 is 2.18 bits per heavy atom. The van der Waals surface area contributed by atoms with Gasteiger partial charge in [-0.25, -0.2) is 9.97 Å². The largest absolute Gasteiger partial charge is 0.395 e. The van der Waals surface area contributed by atoms with E-state index in [4.69, 9.17) is 5.11 Å². The summed E-state index contributed by atoms with van der Waals surface area (Å²) in [5, 5.41) is 9.13. The van der Waals surface area contributed by atoms with Crippen molar-refractivity contribution >= 4 is 16.9 Å². The lowest BCUT2D eigenvalue weighted by molar-refractivity contribution is 0.299. The average Bonchev–Trinajstić information content (AvgIpc) is 2.68. The Hall–Kier alpha value is -1.62. The molecule has 0 radical (unpaired) electrons. The average molecular weight is 234 g/mol. The van der Waals surface area contributed by atoms with Crippen LogP contribution in [0.3, 0.4) is 0 Å². The summed E-state index contributed by atoms with van der Waals surface area (Å²) in [6.07, 6.45) is 3.57. The molecule has 5 heteroatoms. The zero-order chi connectivity index (χ0) is 12.4. The van der Waals surface area contributed by atoms with Crippen LogP contribution in [-0.4, -0.2) is 38.8 Å². The van der Waals surface area contributed by atoms with E-state index in [1.165, 1.54) is 0 Å². The van der Waals surface area contributed by atoms with Crippen LogP contribution in [-0.2, 0) is 7.05 Å². The first-order valence-electron chi connectivity index (χ1n) is 5.78. The molecule has 0 unspecified atom stereocenters. The number of aromatic nitrogens is 3. The molecule has 5 nitrogen and oxygen atoms in total. The highest BCUT2D eigenvalue weighted by Gasteiger charge is 2.16. The Balaban J connectivity index is 2.52. The zero-order valence-electron chi connectivity index (χ0n) is 10.5. The maximum atomic E-state index is 9.13. The molecular formula is C12H18N4O. The van der Waals surface area contributed by atoms with Crippen molar-refractivity contribution in [1.82, 2.24) is 14.5 Å². The van der Waals surface area contributed by atoms with Crippen molar-refractivity contribution < 1.29 is 5.11 Å². The topological polar surface area (TPSA) is 54.2 Å². The number of aliphatic hydroxyl groups excluding tert-OH is 1. The van der Waals surface area contributed by atoms with Gasteiger partial charge in [0, 0.05) is 25.8 Å². The highest BCUT2D eigenvalue weighted by atomic mass is 16.3.